The SMILES string of the molecule is CCC(CCCCC1CCCCC(O)CC1)OC. The molecule has 1 aliphatic rings. The number of rotatable bonds is 7. The zero-order valence-corrected chi connectivity index (χ0v) is 12.4. The molecule has 3 atom stereocenters. The average Bonchev–Trinajstić information content (AvgIpc) is 2.37. The van der Waals surface area contributed by atoms with Gasteiger partial charge in [0.25, 0.3) is 0 Å². The fourth-order valence-electron chi connectivity index (χ4n) is 3.11. The number of aliphatic hydroxyl groups excluding tert-OH is 1. The van der Waals surface area contributed by atoms with Crippen molar-refractivity contribution in [3.63, 3.8) is 0 Å². The Labute approximate surface area is 113 Å². The topological polar surface area (TPSA) is 29.5 Å². The van der Waals surface area contributed by atoms with E-state index in [-0.39, 0.29) is 6.10 Å². The van der Waals surface area contributed by atoms with Gasteiger partial charge in [-0.05, 0) is 38.0 Å². The van der Waals surface area contributed by atoms with Crippen molar-refractivity contribution >= 4 is 0 Å². The lowest BCUT2D eigenvalue weighted by Gasteiger charge is -2.22. The lowest BCUT2D eigenvalue weighted by Crippen LogP contribution is -2.14. The highest BCUT2D eigenvalue weighted by Gasteiger charge is 2.15. The van der Waals surface area contributed by atoms with Gasteiger partial charge in [0.2, 0.25) is 0 Å². The highest BCUT2D eigenvalue weighted by molar-refractivity contribution is 4.68. The summed E-state index contributed by atoms with van der Waals surface area (Å²) in [5.41, 5.74) is 0. The summed E-state index contributed by atoms with van der Waals surface area (Å²) in [6, 6.07) is 0. The van der Waals surface area contributed by atoms with Crippen LogP contribution in [0.15, 0.2) is 0 Å². The third-order valence-corrected chi connectivity index (χ3v) is 4.49. The van der Waals surface area contributed by atoms with E-state index >= 15 is 0 Å². The van der Waals surface area contributed by atoms with Gasteiger partial charge in [-0.15, -0.1) is 0 Å². The molecule has 1 fully saturated rings. The summed E-state index contributed by atoms with van der Waals surface area (Å²) in [7, 11) is 1.82. The number of hydrogen-bond donors (Lipinski definition) is 1. The van der Waals surface area contributed by atoms with Crippen LogP contribution in [0, 0.1) is 5.92 Å². The largest absolute Gasteiger partial charge is 0.393 e. The zero-order chi connectivity index (χ0) is 13.2. The molecule has 1 N–H and O–H groups in total. The summed E-state index contributed by atoms with van der Waals surface area (Å²) in [6.07, 6.45) is 14.0. The second kappa shape index (κ2) is 9.80. The maximum Gasteiger partial charge on any atom is 0.0568 e. The molecular formula is C16H32O2. The van der Waals surface area contributed by atoms with E-state index in [1.54, 1.807) is 0 Å². The first-order valence-electron chi connectivity index (χ1n) is 7.97. The number of aliphatic hydroxyl groups is 1. The van der Waals surface area contributed by atoms with E-state index in [2.05, 4.69) is 6.92 Å². The van der Waals surface area contributed by atoms with E-state index in [1.165, 1.54) is 51.4 Å². The third kappa shape index (κ3) is 6.75. The van der Waals surface area contributed by atoms with Crippen LogP contribution in [0.3, 0.4) is 0 Å². The Bertz CT molecular complexity index is 190. The molecule has 0 saturated heterocycles. The molecule has 1 rings (SSSR count). The molecule has 0 aromatic heterocycles. The van der Waals surface area contributed by atoms with E-state index in [9.17, 15) is 5.11 Å². The summed E-state index contributed by atoms with van der Waals surface area (Å²) in [4.78, 5) is 0. The molecule has 0 spiro atoms. The Hall–Kier alpha value is -0.0800. The van der Waals surface area contributed by atoms with Gasteiger partial charge in [0.1, 0.15) is 0 Å². The zero-order valence-electron chi connectivity index (χ0n) is 12.4. The van der Waals surface area contributed by atoms with Crippen molar-refractivity contribution in [2.45, 2.75) is 89.8 Å². The fraction of sp³-hybridized carbons (Fsp3) is 1.00. The van der Waals surface area contributed by atoms with Gasteiger partial charge in [0.05, 0.1) is 12.2 Å². The standard InChI is InChI=1S/C16H32O2/c1-3-16(18-2)11-7-5-9-14-8-4-6-10-15(17)13-12-14/h14-17H,3-13H2,1-2H3. The maximum absolute atomic E-state index is 9.72. The van der Waals surface area contributed by atoms with Gasteiger partial charge in [-0.2, -0.15) is 0 Å². The minimum atomic E-state index is -0.0224. The first-order valence-corrected chi connectivity index (χ1v) is 7.97. The van der Waals surface area contributed by atoms with Gasteiger partial charge in [0, 0.05) is 7.11 Å². The van der Waals surface area contributed by atoms with Crippen molar-refractivity contribution < 1.29 is 9.84 Å². The van der Waals surface area contributed by atoms with Crippen molar-refractivity contribution in [2.75, 3.05) is 7.11 Å². The third-order valence-electron chi connectivity index (χ3n) is 4.49. The minimum absolute atomic E-state index is 0.0224. The average molecular weight is 256 g/mol. The number of hydrogen-bond acceptors (Lipinski definition) is 2. The van der Waals surface area contributed by atoms with Gasteiger partial charge in [-0.25, -0.2) is 0 Å². The van der Waals surface area contributed by atoms with Crippen molar-refractivity contribution in [3.05, 3.63) is 0 Å². The molecular weight excluding hydrogens is 224 g/mol. The van der Waals surface area contributed by atoms with Gasteiger partial charge < -0.3 is 9.84 Å². The van der Waals surface area contributed by atoms with Crippen LogP contribution in [-0.2, 0) is 4.74 Å². The Balaban J connectivity index is 2.09. The predicted octanol–water partition coefficient (Wildman–Crippen LogP) is 4.30. The molecule has 0 aliphatic heterocycles. The Morgan fingerprint density at radius 2 is 1.89 bits per heavy atom. The van der Waals surface area contributed by atoms with Crippen molar-refractivity contribution in [2.24, 2.45) is 5.92 Å². The molecule has 3 unspecified atom stereocenters. The second-order valence-corrected chi connectivity index (χ2v) is 5.93. The molecule has 1 aliphatic carbocycles. The summed E-state index contributed by atoms with van der Waals surface area (Å²) >= 11 is 0. The van der Waals surface area contributed by atoms with E-state index in [0.29, 0.717) is 6.10 Å². The predicted molar refractivity (Wildman–Crippen MR) is 76.8 cm³/mol. The van der Waals surface area contributed by atoms with Crippen LogP contribution in [0.5, 0.6) is 0 Å². The Kier molecular flexibility index (Phi) is 8.70. The minimum Gasteiger partial charge on any atom is -0.393 e. The van der Waals surface area contributed by atoms with E-state index in [4.69, 9.17) is 4.74 Å². The number of unbranched alkanes of at least 4 members (excludes halogenated alkanes) is 1. The smallest absolute Gasteiger partial charge is 0.0568 e. The number of ether oxygens (including phenoxy) is 1. The van der Waals surface area contributed by atoms with Crippen LogP contribution >= 0.6 is 0 Å². The van der Waals surface area contributed by atoms with Gasteiger partial charge >= 0.3 is 0 Å². The molecule has 2 nitrogen and oxygen atoms in total. The molecule has 1 saturated carbocycles. The molecule has 0 heterocycles. The van der Waals surface area contributed by atoms with Crippen molar-refractivity contribution in [1.82, 2.24) is 0 Å². The van der Waals surface area contributed by atoms with Crippen molar-refractivity contribution in [1.29, 1.82) is 0 Å². The van der Waals surface area contributed by atoms with Crippen LogP contribution in [0.1, 0.15) is 77.6 Å². The van der Waals surface area contributed by atoms with Crippen molar-refractivity contribution in [3.8, 4) is 0 Å². The highest BCUT2D eigenvalue weighted by atomic mass is 16.5. The van der Waals surface area contributed by atoms with Crippen LogP contribution in [-0.4, -0.2) is 24.4 Å². The monoisotopic (exact) mass is 256 g/mol. The van der Waals surface area contributed by atoms with Crippen LogP contribution in [0.4, 0.5) is 0 Å². The normalized spacial score (nSPS) is 27.5. The van der Waals surface area contributed by atoms with E-state index < -0.39 is 0 Å². The van der Waals surface area contributed by atoms with Crippen LogP contribution in [0.2, 0.25) is 0 Å². The first-order chi connectivity index (χ1) is 8.76. The molecule has 0 bridgehead atoms. The molecule has 108 valence electrons. The maximum atomic E-state index is 9.72. The van der Waals surface area contributed by atoms with E-state index in [0.717, 1.165) is 25.2 Å². The second-order valence-electron chi connectivity index (χ2n) is 5.93. The van der Waals surface area contributed by atoms with Gasteiger partial charge in [-0.1, -0.05) is 45.4 Å². The lowest BCUT2D eigenvalue weighted by atomic mass is 9.86. The molecule has 0 radical (unpaired) electrons. The van der Waals surface area contributed by atoms with E-state index in [1.807, 2.05) is 7.11 Å². The molecule has 0 aromatic rings. The summed E-state index contributed by atoms with van der Waals surface area (Å²) in [5, 5.41) is 9.72. The summed E-state index contributed by atoms with van der Waals surface area (Å²) in [5.74, 6) is 0.863. The Morgan fingerprint density at radius 1 is 1.11 bits per heavy atom. The quantitative estimate of drug-likeness (QED) is 0.688. The molecule has 18 heavy (non-hydrogen) atoms. The first kappa shape index (κ1) is 16.0. The molecule has 0 aromatic carbocycles. The van der Waals surface area contributed by atoms with Crippen LogP contribution in [0.25, 0.3) is 0 Å². The lowest BCUT2D eigenvalue weighted by molar-refractivity contribution is 0.0889. The summed E-state index contributed by atoms with van der Waals surface area (Å²) in [6.45, 7) is 2.20. The number of methoxy groups -OCH3 is 1. The highest BCUT2D eigenvalue weighted by Crippen LogP contribution is 2.27. The molecule has 0 amide bonds. The molecule has 2 heteroatoms. The van der Waals surface area contributed by atoms with Gasteiger partial charge in [-0.3, -0.25) is 0 Å². The fourth-order valence-corrected chi connectivity index (χ4v) is 3.11. The van der Waals surface area contributed by atoms with Crippen LogP contribution < -0.4 is 0 Å². The summed E-state index contributed by atoms with van der Waals surface area (Å²) < 4.78 is 5.41. The Morgan fingerprint density at radius 3 is 2.61 bits per heavy atom. The van der Waals surface area contributed by atoms with Gasteiger partial charge in [0.15, 0.2) is 0 Å².